The van der Waals surface area contributed by atoms with Crippen molar-refractivity contribution in [1.82, 2.24) is 19.7 Å². The van der Waals surface area contributed by atoms with Gasteiger partial charge in [-0.2, -0.15) is 5.10 Å². The minimum atomic E-state index is -0.140. The summed E-state index contributed by atoms with van der Waals surface area (Å²) in [6, 6.07) is 12.9. The van der Waals surface area contributed by atoms with Crippen LogP contribution in [-0.2, 0) is 0 Å². The molecule has 2 aromatic carbocycles. The molecule has 140 valence electrons. The Hall–Kier alpha value is -3.35. The Morgan fingerprint density at radius 2 is 1.85 bits per heavy atom. The second-order valence-electron chi connectivity index (χ2n) is 6.09. The SMILES string of the molecule is COc1ccc(OC)c(C(=O)N(C)C(C)c2ccc(-n3cncn3)cc2)c1. The second kappa shape index (κ2) is 7.90. The van der Waals surface area contributed by atoms with Crippen LogP contribution in [0.15, 0.2) is 55.1 Å². The average Bonchev–Trinajstić information content (AvgIpc) is 3.26. The molecule has 1 unspecified atom stereocenters. The van der Waals surface area contributed by atoms with Crippen molar-refractivity contribution < 1.29 is 14.3 Å². The van der Waals surface area contributed by atoms with Crippen LogP contribution in [-0.4, -0.2) is 46.8 Å². The van der Waals surface area contributed by atoms with Gasteiger partial charge in [-0.05, 0) is 42.8 Å². The predicted molar refractivity (Wildman–Crippen MR) is 101 cm³/mol. The van der Waals surface area contributed by atoms with E-state index in [1.807, 2.05) is 31.2 Å². The molecule has 0 aliphatic heterocycles. The van der Waals surface area contributed by atoms with E-state index in [2.05, 4.69) is 10.1 Å². The summed E-state index contributed by atoms with van der Waals surface area (Å²) < 4.78 is 12.3. The zero-order valence-electron chi connectivity index (χ0n) is 15.8. The molecular weight excluding hydrogens is 344 g/mol. The first kappa shape index (κ1) is 18.4. The van der Waals surface area contributed by atoms with E-state index in [0.717, 1.165) is 11.3 Å². The van der Waals surface area contributed by atoms with Gasteiger partial charge in [0.05, 0.1) is 31.5 Å². The fourth-order valence-corrected chi connectivity index (χ4v) is 2.82. The highest BCUT2D eigenvalue weighted by Crippen LogP contribution is 2.28. The van der Waals surface area contributed by atoms with Crippen molar-refractivity contribution >= 4 is 5.91 Å². The summed E-state index contributed by atoms with van der Waals surface area (Å²) in [4.78, 5) is 18.7. The normalized spacial score (nSPS) is 11.7. The Morgan fingerprint density at radius 3 is 2.44 bits per heavy atom. The van der Waals surface area contributed by atoms with Crippen LogP contribution < -0.4 is 9.47 Å². The Morgan fingerprint density at radius 1 is 1.11 bits per heavy atom. The molecule has 0 fully saturated rings. The highest BCUT2D eigenvalue weighted by atomic mass is 16.5. The number of methoxy groups -OCH3 is 2. The summed E-state index contributed by atoms with van der Waals surface area (Å²) >= 11 is 0. The standard InChI is InChI=1S/C20H22N4O3/c1-14(15-5-7-16(8-6-15)24-13-21-12-22-24)23(2)20(25)18-11-17(26-3)9-10-19(18)27-4/h5-14H,1-4H3. The van der Waals surface area contributed by atoms with Gasteiger partial charge in [-0.15, -0.1) is 0 Å². The molecule has 1 amide bonds. The van der Waals surface area contributed by atoms with Crippen LogP contribution >= 0.6 is 0 Å². The first-order chi connectivity index (χ1) is 13.0. The third-order valence-corrected chi connectivity index (χ3v) is 4.60. The molecule has 0 aliphatic carbocycles. The molecular formula is C20H22N4O3. The highest BCUT2D eigenvalue weighted by molar-refractivity contribution is 5.97. The van der Waals surface area contributed by atoms with Crippen molar-refractivity contribution in [3.05, 3.63) is 66.2 Å². The van der Waals surface area contributed by atoms with E-state index >= 15 is 0 Å². The minimum Gasteiger partial charge on any atom is -0.497 e. The lowest BCUT2D eigenvalue weighted by Gasteiger charge is -2.26. The Balaban J connectivity index is 1.82. The number of aromatic nitrogens is 3. The molecule has 0 radical (unpaired) electrons. The summed E-state index contributed by atoms with van der Waals surface area (Å²) in [6.45, 7) is 1.98. The van der Waals surface area contributed by atoms with Gasteiger partial charge in [0.15, 0.2) is 0 Å². The maximum absolute atomic E-state index is 13.0. The third kappa shape index (κ3) is 3.76. The number of rotatable bonds is 6. The first-order valence-corrected chi connectivity index (χ1v) is 8.49. The molecule has 1 heterocycles. The van der Waals surface area contributed by atoms with Gasteiger partial charge in [0.25, 0.3) is 5.91 Å². The average molecular weight is 366 g/mol. The van der Waals surface area contributed by atoms with Crippen LogP contribution in [0.1, 0.15) is 28.9 Å². The third-order valence-electron chi connectivity index (χ3n) is 4.60. The summed E-state index contributed by atoms with van der Waals surface area (Å²) in [5.74, 6) is 0.984. The molecule has 0 saturated carbocycles. The van der Waals surface area contributed by atoms with Crippen molar-refractivity contribution in [3.8, 4) is 17.2 Å². The number of amides is 1. The number of carbonyl (C=O) groups is 1. The molecule has 0 N–H and O–H groups in total. The molecule has 1 aromatic heterocycles. The largest absolute Gasteiger partial charge is 0.497 e. The molecule has 7 nitrogen and oxygen atoms in total. The topological polar surface area (TPSA) is 69.5 Å². The lowest BCUT2D eigenvalue weighted by molar-refractivity contribution is 0.0739. The van der Waals surface area contributed by atoms with Gasteiger partial charge in [0.2, 0.25) is 0 Å². The Labute approximate surface area is 158 Å². The quantitative estimate of drug-likeness (QED) is 0.670. The second-order valence-corrected chi connectivity index (χ2v) is 6.09. The van der Waals surface area contributed by atoms with E-state index < -0.39 is 0 Å². The lowest BCUT2D eigenvalue weighted by atomic mass is 10.1. The molecule has 1 atom stereocenters. The minimum absolute atomic E-state index is 0.127. The predicted octanol–water partition coefficient (Wildman–Crippen LogP) is 3.12. The van der Waals surface area contributed by atoms with Crippen molar-refractivity contribution in [2.75, 3.05) is 21.3 Å². The van der Waals surface area contributed by atoms with Crippen molar-refractivity contribution in [2.24, 2.45) is 0 Å². The van der Waals surface area contributed by atoms with Gasteiger partial charge in [-0.3, -0.25) is 4.79 Å². The Kier molecular flexibility index (Phi) is 5.40. The molecule has 0 bridgehead atoms. The number of hydrogen-bond donors (Lipinski definition) is 0. The first-order valence-electron chi connectivity index (χ1n) is 8.49. The molecule has 3 rings (SSSR count). The van der Waals surface area contributed by atoms with Gasteiger partial charge in [0.1, 0.15) is 24.2 Å². The maximum atomic E-state index is 13.0. The lowest BCUT2D eigenvalue weighted by Crippen LogP contribution is -2.30. The van der Waals surface area contributed by atoms with Gasteiger partial charge in [0, 0.05) is 7.05 Å². The van der Waals surface area contributed by atoms with E-state index in [4.69, 9.17) is 9.47 Å². The van der Waals surface area contributed by atoms with Gasteiger partial charge < -0.3 is 14.4 Å². The number of nitrogens with zero attached hydrogens (tertiary/aromatic N) is 4. The van der Waals surface area contributed by atoms with Crippen LogP contribution in [0.5, 0.6) is 11.5 Å². The van der Waals surface area contributed by atoms with Gasteiger partial charge in [-0.25, -0.2) is 9.67 Å². The molecule has 0 saturated heterocycles. The van der Waals surface area contributed by atoms with E-state index in [1.54, 1.807) is 55.4 Å². The molecule has 27 heavy (non-hydrogen) atoms. The number of ether oxygens (including phenoxy) is 2. The van der Waals surface area contributed by atoms with Crippen molar-refractivity contribution in [1.29, 1.82) is 0 Å². The summed E-state index contributed by atoms with van der Waals surface area (Å²) in [5, 5.41) is 4.11. The number of hydrogen-bond acceptors (Lipinski definition) is 5. The van der Waals surface area contributed by atoms with Crippen LogP contribution in [0.25, 0.3) is 5.69 Å². The zero-order chi connectivity index (χ0) is 19.4. The van der Waals surface area contributed by atoms with Crippen LogP contribution in [0, 0.1) is 0 Å². The smallest absolute Gasteiger partial charge is 0.258 e. The Bertz CT molecular complexity index is 907. The van der Waals surface area contributed by atoms with Crippen molar-refractivity contribution in [2.45, 2.75) is 13.0 Å². The molecule has 0 aliphatic rings. The summed E-state index contributed by atoms with van der Waals surface area (Å²) in [5.41, 5.74) is 2.38. The fourth-order valence-electron chi connectivity index (χ4n) is 2.82. The van der Waals surface area contributed by atoms with Crippen LogP contribution in [0.3, 0.4) is 0 Å². The monoisotopic (exact) mass is 366 g/mol. The fraction of sp³-hybridized carbons (Fsp3) is 0.250. The van der Waals surface area contributed by atoms with Crippen LogP contribution in [0.2, 0.25) is 0 Å². The number of carbonyl (C=O) groups excluding carboxylic acids is 1. The zero-order valence-corrected chi connectivity index (χ0v) is 15.8. The van der Waals surface area contributed by atoms with Crippen LogP contribution in [0.4, 0.5) is 0 Å². The molecule has 3 aromatic rings. The van der Waals surface area contributed by atoms with E-state index in [-0.39, 0.29) is 11.9 Å². The van der Waals surface area contributed by atoms with Gasteiger partial charge in [-0.1, -0.05) is 12.1 Å². The van der Waals surface area contributed by atoms with E-state index in [0.29, 0.717) is 17.1 Å². The highest BCUT2D eigenvalue weighted by Gasteiger charge is 2.22. The number of benzene rings is 2. The van der Waals surface area contributed by atoms with E-state index in [1.165, 1.54) is 6.33 Å². The van der Waals surface area contributed by atoms with Gasteiger partial charge >= 0.3 is 0 Å². The van der Waals surface area contributed by atoms with E-state index in [9.17, 15) is 4.79 Å². The summed E-state index contributed by atoms with van der Waals surface area (Å²) in [6.07, 6.45) is 3.13. The maximum Gasteiger partial charge on any atom is 0.258 e. The molecule has 7 heteroatoms. The molecule has 0 spiro atoms. The summed E-state index contributed by atoms with van der Waals surface area (Å²) in [7, 11) is 4.89. The van der Waals surface area contributed by atoms with Crippen molar-refractivity contribution in [3.63, 3.8) is 0 Å².